The second kappa shape index (κ2) is 9.36. The molecule has 174 valence electrons. The van der Waals surface area contributed by atoms with E-state index in [1.807, 2.05) is 4.90 Å². The molecule has 7 heteroatoms. The molecule has 6 rings (SSSR count). The first-order chi connectivity index (χ1) is 15.1. The molecule has 0 unspecified atom stereocenters. The second-order valence-corrected chi connectivity index (χ2v) is 10.9. The summed E-state index contributed by atoms with van der Waals surface area (Å²) in [6.07, 6.45) is 9.50. The van der Waals surface area contributed by atoms with Gasteiger partial charge in [-0.25, -0.2) is 0 Å². The third-order valence-corrected chi connectivity index (χ3v) is 8.50. The normalized spacial score (nSPS) is 37.4. The Morgan fingerprint density at radius 2 is 1.68 bits per heavy atom. The van der Waals surface area contributed by atoms with Gasteiger partial charge in [-0.2, -0.15) is 0 Å². The fourth-order valence-corrected chi connectivity index (χ4v) is 7.46. The van der Waals surface area contributed by atoms with Crippen LogP contribution < -0.4 is 5.32 Å². The van der Waals surface area contributed by atoms with Gasteiger partial charge in [0.1, 0.15) is 0 Å². The molecular weight excluding hydrogens is 394 g/mol. The summed E-state index contributed by atoms with van der Waals surface area (Å²) in [5.41, 5.74) is 0.231. The highest BCUT2D eigenvalue weighted by atomic mass is 16.5. The molecule has 6 fully saturated rings. The summed E-state index contributed by atoms with van der Waals surface area (Å²) in [5, 5.41) is 2.95. The lowest BCUT2D eigenvalue weighted by molar-refractivity contribution is -0.135. The maximum Gasteiger partial charge on any atom is 0.242 e. The average Bonchev–Trinajstić information content (AvgIpc) is 3.20. The number of amides is 2. The predicted molar refractivity (Wildman–Crippen MR) is 116 cm³/mol. The van der Waals surface area contributed by atoms with E-state index in [0.29, 0.717) is 19.6 Å². The molecule has 4 aliphatic carbocycles. The number of carbonyl (C=O) groups is 2. The number of likely N-dealkylation sites (tertiary alicyclic amines) is 1. The summed E-state index contributed by atoms with van der Waals surface area (Å²) < 4.78 is 11.4. The van der Waals surface area contributed by atoms with Crippen molar-refractivity contribution in [2.45, 2.75) is 57.5 Å². The Bertz CT molecular complexity index is 628. The Morgan fingerprint density at radius 1 is 1.00 bits per heavy atom. The number of hydrogen-bond acceptors (Lipinski definition) is 5. The quantitative estimate of drug-likeness (QED) is 0.630. The first-order valence-corrected chi connectivity index (χ1v) is 12.5. The van der Waals surface area contributed by atoms with E-state index in [4.69, 9.17) is 9.47 Å². The van der Waals surface area contributed by atoms with E-state index < -0.39 is 0 Å². The van der Waals surface area contributed by atoms with E-state index >= 15 is 0 Å². The number of morpholine rings is 1. The molecule has 0 aromatic heterocycles. The van der Waals surface area contributed by atoms with Crippen LogP contribution in [-0.4, -0.2) is 86.8 Å². The molecule has 6 aliphatic rings. The van der Waals surface area contributed by atoms with Gasteiger partial charge in [0.05, 0.1) is 32.5 Å². The van der Waals surface area contributed by atoms with Crippen molar-refractivity contribution in [3.05, 3.63) is 0 Å². The topological polar surface area (TPSA) is 71.1 Å². The number of rotatable bonds is 8. The fraction of sp³-hybridized carbons (Fsp3) is 0.917. The minimum atomic E-state index is 0.0261. The molecule has 2 amide bonds. The lowest BCUT2D eigenvalue weighted by Crippen LogP contribution is -2.48. The third kappa shape index (κ3) is 5.25. The summed E-state index contributed by atoms with van der Waals surface area (Å²) in [6.45, 7) is 6.69. The van der Waals surface area contributed by atoms with Crippen molar-refractivity contribution in [3.8, 4) is 0 Å². The van der Waals surface area contributed by atoms with Crippen molar-refractivity contribution < 1.29 is 19.1 Å². The van der Waals surface area contributed by atoms with E-state index in [0.717, 1.165) is 63.6 Å². The standard InChI is InChI=1S/C24H39N3O4/c28-22(15-24-12-18-9-19(13-24)11-20(10-18)14-24)25-16-23(29)27-2-1-21(17-27)31-8-5-26-3-6-30-7-4-26/h18-21H,1-17H2,(H,25,28)/t18?,19?,20?,21-,24?/m0/s1. The highest BCUT2D eigenvalue weighted by Crippen LogP contribution is 2.61. The molecule has 0 radical (unpaired) electrons. The number of nitrogens with one attached hydrogen (secondary N) is 1. The molecule has 1 N–H and O–H groups in total. The van der Waals surface area contributed by atoms with Gasteiger partial charge < -0.3 is 19.7 Å². The fourth-order valence-electron chi connectivity index (χ4n) is 7.46. The van der Waals surface area contributed by atoms with Crippen LogP contribution in [0.4, 0.5) is 0 Å². The van der Waals surface area contributed by atoms with Crippen molar-refractivity contribution >= 4 is 11.8 Å². The SMILES string of the molecule is O=C(CC12CC3CC(CC(C3)C1)C2)NCC(=O)N1CC[C@H](OCCN2CCOCC2)C1. The molecule has 0 spiro atoms. The van der Waals surface area contributed by atoms with Gasteiger partial charge in [0.2, 0.25) is 11.8 Å². The molecular formula is C24H39N3O4. The van der Waals surface area contributed by atoms with Gasteiger partial charge in [0, 0.05) is 39.1 Å². The molecule has 4 bridgehead atoms. The molecule has 31 heavy (non-hydrogen) atoms. The van der Waals surface area contributed by atoms with Crippen LogP contribution in [-0.2, 0) is 19.1 Å². The Balaban J connectivity index is 0.997. The lowest BCUT2D eigenvalue weighted by atomic mass is 9.49. The van der Waals surface area contributed by atoms with Crippen LogP contribution >= 0.6 is 0 Å². The molecule has 0 aromatic rings. The Kier molecular flexibility index (Phi) is 6.54. The van der Waals surface area contributed by atoms with Gasteiger partial charge in [0.15, 0.2) is 0 Å². The predicted octanol–water partition coefficient (Wildman–Crippen LogP) is 1.66. The van der Waals surface area contributed by atoms with E-state index in [1.165, 1.54) is 38.5 Å². The molecule has 2 heterocycles. The van der Waals surface area contributed by atoms with E-state index in [1.54, 1.807) is 0 Å². The highest BCUT2D eigenvalue weighted by Gasteiger charge is 2.51. The van der Waals surface area contributed by atoms with Gasteiger partial charge in [-0.15, -0.1) is 0 Å². The molecule has 7 nitrogen and oxygen atoms in total. The number of ether oxygens (including phenoxy) is 2. The molecule has 0 aromatic carbocycles. The van der Waals surface area contributed by atoms with Crippen LogP contribution in [0.25, 0.3) is 0 Å². The Hall–Kier alpha value is -1.18. The van der Waals surface area contributed by atoms with Crippen LogP contribution in [0.15, 0.2) is 0 Å². The number of hydrogen-bond donors (Lipinski definition) is 1. The zero-order valence-corrected chi connectivity index (χ0v) is 18.9. The largest absolute Gasteiger partial charge is 0.379 e. The number of carbonyl (C=O) groups excluding carboxylic acids is 2. The van der Waals surface area contributed by atoms with Crippen molar-refractivity contribution in [2.24, 2.45) is 23.2 Å². The van der Waals surface area contributed by atoms with Crippen LogP contribution in [0, 0.1) is 23.2 Å². The van der Waals surface area contributed by atoms with Crippen LogP contribution in [0.3, 0.4) is 0 Å². The average molecular weight is 434 g/mol. The summed E-state index contributed by atoms with van der Waals surface area (Å²) in [7, 11) is 0. The minimum Gasteiger partial charge on any atom is -0.379 e. The first kappa shape index (κ1) is 21.7. The summed E-state index contributed by atoms with van der Waals surface area (Å²) in [4.78, 5) is 29.5. The van der Waals surface area contributed by atoms with Crippen LogP contribution in [0.2, 0.25) is 0 Å². The van der Waals surface area contributed by atoms with Gasteiger partial charge in [-0.1, -0.05) is 0 Å². The van der Waals surface area contributed by atoms with Crippen molar-refractivity contribution in [1.82, 2.24) is 15.1 Å². The first-order valence-electron chi connectivity index (χ1n) is 12.5. The minimum absolute atomic E-state index is 0.0261. The third-order valence-electron chi connectivity index (χ3n) is 8.50. The smallest absolute Gasteiger partial charge is 0.242 e. The van der Waals surface area contributed by atoms with Gasteiger partial charge in [-0.05, 0) is 68.1 Å². The summed E-state index contributed by atoms with van der Waals surface area (Å²) in [6, 6.07) is 0. The molecule has 2 aliphatic heterocycles. The second-order valence-electron chi connectivity index (χ2n) is 10.9. The maximum absolute atomic E-state index is 12.7. The number of nitrogens with zero attached hydrogens (tertiary/aromatic N) is 2. The monoisotopic (exact) mass is 433 g/mol. The van der Waals surface area contributed by atoms with Gasteiger partial charge in [0.25, 0.3) is 0 Å². The highest BCUT2D eigenvalue weighted by molar-refractivity contribution is 5.85. The maximum atomic E-state index is 12.7. The van der Waals surface area contributed by atoms with E-state index in [-0.39, 0.29) is 29.9 Å². The van der Waals surface area contributed by atoms with Crippen molar-refractivity contribution in [3.63, 3.8) is 0 Å². The zero-order valence-electron chi connectivity index (χ0n) is 18.9. The van der Waals surface area contributed by atoms with Gasteiger partial charge >= 0.3 is 0 Å². The summed E-state index contributed by atoms with van der Waals surface area (Å²) >= 11 is 0. The Morgan fingerprint density at radius 3 is 2.35 bits per heavy atom. The Labute approximate surface area is 186 Å². The van der Waals surface area contributed by atoms with E-state index in [9.17, 15) is 9.59 Å². The zero-order chi connectivity index (χ0) is 21.3. The van der Waals surface area contributed by atoms with Gasteiger partial charge in [-0.3, -0.25) is 14.5 Å². The molecule has 4 saturated carbocycles. The van der Waals surface area contributed by atoms with Crippen LogP contribution in [0.5, 0.6) is 0 Å². The van der Waals surface area contributed by atoms with Crippen molar-refractivity contribution in [2.75, 3.05) is 59.1 Å². The van der Waals surface area contributed by atoms with Crippen LogP contribution in [0.1, 0.15) is 51.4 Å². The molecule has 1 atom stereocenters. The van der Waals surface area contributed by atoms with E-state index in [2.05, 4.69) is 10.2 Å². The molecule has 2 saturated heterocycles. The lowest BCUT2D eigenvalue weighted by Gasteiger charge is -2.56. The van der Waals surface area contributed by atoms with Crippen molar-refractivity contribution in [1.29, 1.82) is 0 Å². The summed E-state index contributed by atoms with van der Waals surface area (Å²) in [5.74, 6) is 2.66.